The van der Waals surface area contributed by atoms with E-state index in [1.165, 1.54) is 0 Å². The number of furan rings is 1. The van der Waals surface area contributed by atoms with E-state index in [0.29, 0.717) is 11.7 Å². The summed E-state index contributed by atoms with van der Waals surface area (Å²) in [6.07, 6.45) is 0. The number of amidine groups is 2. The Hall–Kier alpha value is -4.90. The highest BCUT2D eigenvalue weighted by molar-refractivity contribution is 6.00. The third-order valence-electron chi connectivity index (χ3n) is 5.55. The Morgan fingerprint density at radius 3 is 1.20 bits per heavy atom. The normalized spacial score (nSPS) is 12.0. The fourth-order valence-electron chi connectivity index (χ4n) is 3.67. The Kier molecular flexibility index (Phi) is 6.22. The quantitative estimate of drug-likeness (QED) is 0.220. The Morgan fingerprint density at radius 1 is 0.457 bits per heavy atom. The number of hydrogen-bond acceptors (Lipinski definition) is 3. The van der Waals surface area contributed by atoms with Crippen LogP contribution in [0.2, 0.25) is 0 Å². The van der Waals surface area contributed by atoms with Crippen molar-refractivity contribution in [2.75, 3.05) is 0 Å². The number of hydrogen-bond donors (Lipinski definition) is 2. The van der Waals surface area contributed by atoms with Gasteiger partial charge in [0, 0.05) is 22.3 Å². The molecule has 0 spiro atoms. The van der Waals surface area contributed by atoms with Crippen LogP contribution in [0.3, 0.4) is 0 Å². The molecule has 0 amide bonds. The topological polar surface area (TPSA) is 89.9 Å². The van der Waals surface area contributed by atoms with Gasteiger partial charge in [-0.05, 0) is 36.4 Å². The standard InChI is InChI=1S/C30H24N4O/c31-29(33-25-7-3-1-4-8-25)23-15-11-21(12-16-23)27-19-20-28(35-27)22-13-17-24(18-14-22)30(32)34-26-9-5-2-6-10-26/h1-20H,(H2,31,33)(H2,32,34). The summed E-state index contributed by atoms with van der Waals surface area (Å²) in [5.41, 5.74) is 17.6. The second-order valence-electron chi connectivity index (χ2n) is 7.98. The molecule has 4 N–H and O–H groups in total. The Bertz CT molecular complexity index is 1350. The summed E-state index contributed by atoms with van der Waals surface area (Å²) in [5, 5.41) is 0. The predicted octanol–water partition coefficient (Wildman–Crippen LogP) is 6.69. The van der Waals surface area contributed by atoms with E-state index in [1.54, 1.807) is 0 Å². The fraction of sp³-hybridized carbons (Fsp3) is 0. The third-order valence-corrected chi connectivity index (χ3v) is 5.55. The molecule has 0 aliphatic heterocycles. The SMILES string of the molecule is NC(=Nc1ccccc1)c1ccc(-c2ccc(-c3ccc(C(N)=Nc4ccccc4)cc3)o2)cc1. The summed E-state index contributed by atoms with van der Waals surface area (Å²) >= 11 is 0. The first-order valence-electron chi connectivity index (χ1n) is 11.3. The summed E-state index contributed by atoms with van der Waals surface area (Å²) in [5.74, 6) is 2.50. The van der Waals surface area contributed by atoms with Crippen LogP contribution in [0.1, 0.15) is 11.1 Å². The van der Waals surface area contributed by atoms with Gasteiger partial charge >= 0.3 is 0 Å². The van der Waals surface area contributed by atoms with E-state index in [9.17, 15) is 0 Å². The zero-order valence-electron chi connectivity index (χ0n) is 19.0. The molecule has 0 radical (unpaired) electrons. The first kappa shape index (κ1) is 21.9. The van der Waals surface area contributed by atoms with Crippen molar-refractivity contribution in [3.05, 3.63) is 132 Å². The highest BCUT2D eigenvalue weighted by atomic mass is 16.3. The van der Waals surface area contributed by atoms with Crippen LogP contribution < -0.4 is 11.5 Å². The fourth-order valence-corrected chi connectivity index (χ4v) is 3.67. The van der Waals surface area contributed by atoms with Gasteiger partial charge in [0.05, 0.1) is 11.4 Å². The summed E-state index contributed by atoms with van der Waals surface area (Å²) in [4.78, 5) is 8.94. The molecule has 5 nitrogen and oxygen atoms in total. The van der Waals surface area contributed by atoms with Crippen LogP contribution in [0.15, 0.2) is 136 Å². The molecule has 0 unspecified atom stereocenters. The van der Waals surface area contributed by atoms with Gasteiger partial charge < -0.3 is 15.9 Å². The largest absolute Gasteiger partial charge is 0.456 e. The molecule has 35 heavy (non-hydrogen) atoms. The summed E-state index contributed by atoms with van der Waals surface area (Å²) in [7, 11) is 0. The van der Waals surface area contributed by atoms with E-state index in [4.69, 9.17) is 15.9 Å². The van der Waals surface area contributed by atoms with Gasteiger partial charge in [-0.1, -0.05) is 84.9 Å². The van der Waals surface area contributed by atoms with Crippen molar-refractivity contribution in [2.24, 2.45) is 21.5 Å². The number of rotatable bonds is 6. The van der Waals surface area contributed by atoms with Crippen LogP contribution >= 0.6 is 0 Å². The molecule has 170 valence electrons. The van der Waals surface area contributed by atoms with Gasteiger partial charge in [0.15, 0.2) is 0 Å². The van der Waals surface area contributed by atoms with Gasteiger partial charge in [-0.15, -0.1) is 0 Å². The van der Waals surface area contributed by atoms with Crippen LogP contribution in [0.5, 0.6) is 0 Å². The lowest BCUT2D eigenvalue weighted by molar-refractivity contribution is 0.597. The molecule has 4 aromatic carbocycles. The van der Waals surface area contributed by atoms with E-state index in [-0.39, 0.29) is 0 Å². The van der Waals surface area contributed by atoms with Gasteiger partial charge in [-0.25, -0.2) is 9.98 Å². The lowest BCUT2D eigenvalue weighted by Crippen LogP contribution is -2.12. The van der Waals surface area contributed by atoms with Crippen molar-refractivity contribution in [3.63, 3.8) is 0 Å². The highest BCUT2D eigenvalue weighted by Crippen LogP contribution is 2.29. The lowest BCUT2D eigenvalue weighted by atomic mass is 10.1. The highest BCUT2D eigenvalue weighted by Gasteiger charge is 2.09. The summed E-state index contributed by atoms with van der Waals surface area (Å²) in [6, 6.07) is 39.0. The minimum atomic E-state index is 0.470. The lowest BCUT2D eigenvalue weighted by Gasteiger charge is -2.04. The van der Waals surface area contributed by atoms with E-state index in [0.717, 1.165) is 45.1 Å². The Labute approximate surface area is 204 Å². The minimum absolute atomic E-state index is 0.470. The number of benzene rings is 4. The average Bonchev–Trinajstić information content (AvgIpc) is 3.40. The van der Waals surface area contributed by atoms with Crippen molar-refractivity contribution >= 4 is 23.0 Å². The first-order valence-corrected chi connectivity index (χ1v) is 11.3. The van der Waals surface area contributed by atoms with Crippen molar-refractivity contribution in [1.29, 1.82) is 0 Å². The van der Waals surface area contributed by atoms with Gasteiger partial charge in [-0.3, -0.25) is 0 Å². The van der Waals surface area contributed by atoms with E-state index in [1.807, 2.05) is 121 Å². The Balaban J connectivity index is 1.31. The molecule has 0 aliphatic rings. The molecule has 0 atom stereocenters. The van der Waals surface area contributed by atoms with Crippen molar-refractivity contribution in [3.8, 4) is 22.6 Å². The molecule has 1 heterocycles. The molecule has 5 aromatic rings. The number of para-hydroxylation sites is 2. The maximum absolute atomic E-state index is 6.18. The van der Waals surface area contributed by atoms with Gasteiger partial charge in [0.1, 0.15) is 23.2 Å². The molecule has 0 saturated carbocycles. The molecule has 5 rings (SSSR count). The Morgan fingerprint density at radius 2 is 0.829 bits per heavy atom. The predicted molar refractivity (Wildman–Crippen MR) is 143 cm³/mol. The average molecular weight is 457 g/mol. The van der Waals surface area contributed by atoms with Crippen molar-refractivity contribution < 1.29 is 4.42 Å². The summed E-state index contributed by atoms with van der Waals surface area (Å²) in [6.45, 7) is 0. The maximum atomic E-state index is 6.18. The smallest absolute Gasteiger partial charge is 0.134 e. The van der Waals surface area contributed by atoms with Crippen LogP contribution in [-0.4, -0.2) is 11.7 Å². The number of aliphatic imine (C=N–C) groups is 2. The van der Waals surface area contributed by atoms with Crippen molar-refractivity contribution in [2.45, 2.75) is 0 Å². The second-order valence-corrected chi connectivity index (χ2v) is 7.98. The van der Waals surface area contributed by atoms with Crippen LogP contribution in [0, 0.1) is 0 Å². The zero-order chi connectivity index (χ0) is 24.0. The zero-order valence-corrected chi connectivity index (χ0v) is 19.0. The molecule has 5 heteroatoms. The second kappa shape index (κ2) is 9.93. The van der Waals surface area contributed by atoms with Crippen LogP contribution in [0.4, 0.5) is 11.4 Å². The molecule has 0 aliphatic carbocycles. The van der Waals surface area contributed by atoms with E-state index < -0.39 is 0 Å². The maximum Gasteiger partial charge on any atom is 0.134 e. The molecule has 0 saturated heterocycles. The first-order chi connectivity index (χ1) is 17.2. The molecular weight excluding hydrogens is 432 g/mol. The number of nitrogens with two attached hydrogens (primary N) is 2. The van der Waals surface area contributed by atoms with E-state index in [2.05, 4.69) is 9.98 Å². The van der Waals surface area contributed by atoms with Crippen LogP contribution in [0.25, 0.3) is 22.6 Å². The summed E-state index contributed by atoms with van der Waals surface area (Å²) < 4.78 is 6.12. The van der Waals surface area contributed by atoms with Gasteiger partial charge in [-0.2, -0.15) is 0 Å². The third kappa shape index (κ3) is 5.20. The van der Waals surface area contributed by atoms with Crippen LogP contribution in [-0.2, 0) is 0 Å². The molecule has 0 bridgehead atoms. The monoisotopic (exact) mass is 456 g/mol. The van der Waals surface area contributed by atoms with Gasteiger partial charge in [0.2, 0.25) is 0 Å². The molecule has 1 aromatic heterocycles. The number of nitrogens with zero attached hydrogens (tertiary/aromatic N) is 2. The minimum Gasteiger partial charge on any atom is -0.456 e. The molecule has 0 fully saturated rings. The van der Waals surface area contributed by atoms with Crippen molar-refractivity contribution in [1.82, 2.24) is 0 Å². The van der Waals surface area contributed by atoms with E-state index >= 15 is 0 Å². The molecular formula is C30H24N4O. The van der Waals surface area contributed by atoms with Gasteiger partial charge in [0.25, 0.3) is 0 Å².